The molecule has 0 radical (unpaired) electrons. The van der Waals surface area contributed by atoms with Crippen molar-refractivity contribution in [3.05, 3.63) is 31.2 Å². The molecule has 0 unspecified atom stereocenters. The van der Waals surface area contributed by atoms with E-state index < -0.39 is 24.3 Å². The van der Waals surface area contributed by atoms with Crippen LogP contribution in [0.4, 0.5) is 8.78 Å². The second-order valence-corrected chi connectivity index (χ2v) is 3.42. The van der Waals surface area contributed by atoms with Crippen LogP contribution in [0.25, 0.3) is 0 Å². The summed E-state index contributed by atoms with van der Waals surface area (Å²) in [5, 5.41) is 8.75. The third kappa shape index (κ3) is 2.25. The number of rotatable bonds is 2. The Hall–Kier alpha value is -0.500. The lowest BCUT2D eigenvalue weighted by Crippen LogP contribution is -2.13. The van der Waals surface area contributed by atoms with Crippen LogP contribution in [0.3, 0.4) is 0 Å². The molecule has 0 aliphatic carbocycles. The molecule has 0 amide bonds. The Balaban J connectivity index is 3.36. The van der Waals surface area contributed by atoms with Crippen LogP contribution in [0.1, 0.15) is 17.7 Å². The van der Waals surface area contributed by atoms with Gasteiger partial charge in [-0.05, 0) is 28.2 Å². The first-order chi connectivity index (χ1) is 6.06. The molecule has 1 rings (SSSR count). The minimum atomic E-state index is -2.73. The van der Waals surface area contributed by atoms with E-state index in [-0.39, 0.29) is 9.13 Å². The first-order valence-corrected chi connectivity index (χ1v) is 4.44. The Labute approximate surface area is 85.9 Å². The fourth-order valence-electron chi connectivity index (χ4n) is 0.884. The van der Waals surface area contributed by atoms with E-state index >= 15 is 0 Å². The summed E-state index contributed by atoms with van der Waals surface area (Å²) in [6.07, 6.45) is -2.73. The van der Waals surface area contributed by atoms with Crippen LogP contribution in [0.5, 0.6) is 0 Å². The second-order valence-electron chi connectivity index (χ2n) is 2.35. The molecule has 0 atom stereocenters. The zero-order valence-corrected chi connectivity index (χ0v) is 8.51. The summed E-state index contributed by atoms with van der Waals surface area (Å²) in [6, 6.07) is 1.10. The van der Waals surface area contributed by atoms with E-state index in [1.54, 1.807) is 22.6 Å². The van der Waals surface area contributed by atoms with Crippen LogP contribution in [0.2, 0.25) is 0 Å². The average molecular weight is 301 g/mol. The fourth-order valence-corrected chi connectivity index (χ4v) is 1.58. The van der Waals surface area contributed by atoms with Crippen molar-refractivity contribution in [2.24, 2.45) is 0 Å². The van der Waals surface area contributed by atoms with Crippen LogP contribution >= 0.6 is 22.6 Å². The normalized spacial score (nSPS) is 10.8. The van der Waals surface area contributed by atoms with Crippen molar-refractivity contribution in [2.45, 2.75) is 13.0 Å². The number of H-pyrrole nitrogens is 1. The molecule has 6 heteroatoms. The van der Waals surface area contributed by atoms with Crippen molar-refractivity contribution in [2.75, 3.05) is 0 Å². The third-order valence-corrected chi connectivity index (χ3v) is 2.74. The zero-order chi connectivity index (χ0) is 10.0. The van der Waals surface area contributed by atoms with Crippen molar-refractivity contribution < 1.29 is 13.9 Å². The topological polar surface area (TPSA) is 53.1 Å². The largest absolute Gasteiger partial charge is 0.392 e. The molecule has 3 nitrogen and oxygen atoms in total. The first kappa shape index (κ1) is 10.6. The number of hydrogen-bond acceptors (Lipinski definition) is 2. The van der Waals surface area contributed by atoms with Crippen molar-refractivity contribution in [1.29, 1.82) is 0 Å². The van der Waals surface area contributed by atoms with Gasteiger partial charge in [0.2, 0.25) is 5.56 Å². The van der Waals surface area contributed by atoms with Crippen LogP contribution < -0.4 is 5.56 Å². The first-order valence-electron chi connectivity index (χ1n) is 3.37. The standard InChI is InChI=1S/C7H6F2INO2/c8-7(9)6-5(10)3(2-12)1-4(13)11-6/h1,7,12H,2H2,(H,11,13). The van der Waals surface area contributed by atoms with Crippen molar-refractivity contribution in [3.63, 3.8) is 0 Å². The van der Waals surface area contributed by atoms with Gasteiger partial charge < -0.3 is 10.1 Å². The van der Waals surface area contributed by atoms with Crippen LogP contribution in [0, 0.1) is 3.57 Å². The quantitative estimate of drug-likeness (QED) is 0.812. The van der Waals surface area contributed by atoms with Crippen molar-refractivity contribution in [1.82, 2.24) is 4.98 Å². The van der Waals surface area contributed by atoms with Gasteiger partial charge in [-0.2, -0.15) is 0 Å². The minimum Gasteiger partial charge on any atom is -0.392 e. The van der Waals surface area contributed by atoms with E-state index in [9.17, 15) is 13.6 Å². The van der Waals surface area contributed by atoms with Gasteiger partial charge in [0.15, 0.2) is 0 Å². The summed E-state index contributed by atoms with van der Waals surface area (Å²) in [6.45, 7) is -0.415. The van der Waals surface area contributed by atoms with E-state index in [2.05, 4.69) is 0 Å². The molecule has 0 aliphatic rings. The van der Waals surface area contributed by atoms with Gasteiger partial charge in [-0.15, -0.1) is 0 Å². The minimum absolute atomic E-state index is 0.203. The highest BCUT2D eigenvalue weighted by Gasteiger charge is 2.15. The summed E-state index contributed by atoms with van der Waals surface area (Å²) in [7, 11) is 0. The zero-order valence-electron chi connectivity index (χ0n) is 6.35. The van der Waals surface area contributed by atoms with Gasteiger partial charge in [0.25, 0.3) is 6.43 Å². The number of aliphatic hydroxyl groups is 1. The second kappa shape index (κ2) is 4.14. The van der Waals surface area contributed by atoms with Crippen LogP contribution in [0.15, 0.2) is 10.9 Å². The predicted octanol–water partition coefficient (Wildman–Crippen LogP) is 1.41. The molecule has 0 spiro atoms. The molecule has 13 heavy (non-hydrogen) atoms. The molecule has 0 fully saturated rings. The molecule has 1 aromatic heterocycles. The number of alkyl halides is 2. The Morgan fingerprint density at radius 1 is 1.62 bits per heavy atom. The lowest BCUT2D eigenvalue weighted by Gasteiger charge is -2.05. The van der Waals surface area contributed by atoms with Gasteiger partial charge in [0.05, 0.1) is 12.3 Å². The van der Waals surface area contributed by atoms with Crippen LogP contribution in [-0.4, -0.2) is 10.1 Å². The summed E-state index contributed by atoms with van der Waals surface area (Å²) in [5.41, 5.74) is -0.837. The lowest BCUT2D eigenvalue weighted by atomic mass is 10.2. The van der Waals surface area contributed by atoms with Gasteiger partial charge in [0, 0.05) is 9.64 Å². The molecular weight excluding hydrogens is 295 g/mol. The third-order valence-electron chi connectivity index (χ3n) is 1.47. The number of nitrogens with one attached hydrogen (secondary N) is 1. The number of aliphatic hydroxyl groups excluding tert-OH is 1. The van der Waals surface area contributed by atoms with E-state index in [0.717, 1.165) is 6.07 Å². The number of halogens is 3. The monoisotopic (exact) mass is 301 g/mol. The smallest absolute Gasteiger partial charge is 0.279 e. The lowest BCUT2D eigenvalue weighted by molar-refractivity contribution is 0.144. The summed E-state index contributed by atoms with van der Waals surface area (Å²) < 4.78 is 24.7. The predicted molar refractivity (Wildman–Crippen MR) is 50.7 cm³/mol. The Morgan fingerprint density at radius 3 is 2.69 bits per heavy atom. The molecule has 0 aliphatic heterocycles. The Kier molecular flexibility index (Phi) is 3.37. The van der Waals surface area contributed by atoms with E-state index in [1.807, 2.05) is 4.98 Å². The van der Waals surface area contributed by atoms with E-state index in [1.165, 1.54) is 0 Å². The highest BCUT2D eigenvalue weighted by atomic mass is 127. The van der Waals surface area contributed by atoms with E-state index in [4.69, 9.17) is 5.11 Å². The molecular formula is C7H6F2INO2. The maximum Gasteiger partial charge on any atom is 0.279 e. The Morgan fingerprint density at radius 2 is 2.23 bits per heavy atom. The molecule has 1 aromatic rings. The number of pyridine rings is 1. The maximum absolute atomic E-state index is 12.3. The molecule has 0 bridgehead atoms. The average Bonchev–Trinajstić information content (AvgIpc) is 2.08. The maximum atomic E-state index is 12.3. The molecule has 72 valence electrons. The summed E-state index contributed by atoms with van der Waals surface area (Å²) >= 11 is 1.66. The fraction of sp³-hybridized carbons (Fsp3) is 0.286. The highest BCUT2D eigenvalue weighted by Crippen LogP contribution is 2.23. The number of aromatic nitrogens is 1. The van der Waals surface area contributed by atoms with E-state index in [0.29, 0.717) is 0 Å². The summed E-state index contributed by atoms with van der Waals surface area (Å²) in [4.78, 5) is 12.8. The molecule has 0 saturated carbocycles. The SMILES string of the molecule is O=c1cc(CO)c(I)c(C(F)F)[nH]1. The molecule has 2 N–H and O–H groups in total. The van der Waals surface area contributed by atoms with Gasteiger partial charge in [-0.1, -0.05) is 0 Å². The van der Waals surface area contributed by atoms with Crippen molar-refractivity contribution >= 4 is 22.6 Å². The van der Waals surface area contributed by atoms with Gasteiger partial charge in [0.1, 0.15) is 0 Å². The van der Waals surface area contributed by atoms with Gasteiger partial charge in [-0.25, -0.2) is 8.78 Å². The Bertz CT molecular complexity index is 364. The van der Waals surface area contributed by atoms with Gasteiger partial charge >= 0.3 is 0 Å². The molecule has 0 aromatic carbocycles. The molecule has 1 heterocycles. The summed E-state index contributed by atoms with van der Waals surface area (Å²) in [5.74, 6) is 0. The van der Waals surface area contributed by atoms with Crippen molar-refractivity contribution in [3.8, 4) is 0 Å². The molecule has 0 saturated heterocycles. The highest BCUT2D eigenvalue weighted by molar-refractivity contribution is 14.1. The van der Waals surface area contributed by atoms with Crippen LogP contribution in [-0.2, 0) is 6.61 Å². The van der Waals surface area contributed by atoms with Gasteiger partial charge in [-0.3, -0.25) is 4.79 Å². The number of hydrogen-bond donors (Lipinski definition) is 2. The number of aromatic amines is 1.